The topological polar surface area (TPSA) is 29.1 Å². The lowest BCUT2D eigenvalue weighted by molar-refractivity contribution is -0.137. The summed E-state index contributed by atoms with van der Waals surface area (Å²) < 4.78 is 39.3. The maximum Gasteiger partial charge on any atom is 0.416 e. The molecule has 1 heterocycles. The van der Waals surface area contributed by atoms with Crippen molar-refractivity contribution >= 4 is 55.1 Å². The average molecular weight is 447 g/mol. The molecule has 23 heavy (non-hydrogen) atoms. The van der Waals surface area contributed by atoms with Gasteiger partial charge in [-0.25, -0.2) is 0 Å². The minimum Gasteiger partial charge on any atom is -0.320 e. The Balaban J connectivity index is 2.03. The van der Waals surface area contributed by atoms with Gasteiger partial charge in [-0.05, 0) is 51.8 Å². The minimum absolute atomic E-state index is 0.293. The van der Waals surface area contributed by atoms with E-state index in [2.05, 4.69) is 37.2 Å². The maximum absolute atomic E-state index is 12.6. The fourth-order valence-corrected chi connectivity index (χ4v) is 3.62. The van der Waals surface area contributed by atoms with E-state index in [1.807, 2.05) is 0 Å². The normalized spacial score (nSPS) is 15.7. The van der Waals surface area contributed by atoms with Crippen LogP contribution in [-0.4, -0.2) is 5.91 Å². The Morgan fingerprint density at radius 1 is 1.04 bits per heavy atom. The van der Waals surface area contributed by atoms with Gasteiger partial charge in [0.2, 0.25) is 0 Å². The second-order valence-corrected chi connectivity index (χ2v) is 6.71. The van der Waals surface area contributed by atoms with Crippen LogP contribution >= 0.6 is 31.9 Å². The first-order valence-electron chi connectivity index (χ1n) is 6.45. The highest BCUT2D eigenvalue weighted by molar-refractivity contribution is 9.11. The predicted octanol–water partition coefficient (Wildman–Crippen LogP) is 5.72. The maximum atomic E-state index is 12.6. The number of carbonyl (C=O) groups excluding carboxylic acids is 1. The molecule has 1 N–H and O–H groups in total. The van der Waals surface area contributed by atoms with Crippen molar-refractivity contribution in [3.63, 3.8) is 0 Å². The summed E-state index contributed by atoms with van der Waals surface area (Å²) >= 11 is 6.73. The van der Waals surface area contributed by atoms with Gasteiger partial charge in [0.1, 0.15) is 0 Å². The van der Waals surface area contributed by atoms with Crippen LogP contribution < -0.4 is 5.32 Å². The number of carbonyl (C=O) groups is 1. The fraction of sp³-hybridized carbons (Fsp3) is 0.0625. The zero-order valence-corrected chi connectivity index (χ0v) is 14.5. The highest BCUT2D eigenvalue weighted by Gasteiger charge is 2.30. The van der Waals surface area contributed by atoms with E-state index in [4.69, 9.17) is 0 Å². The summed E-state index contributed by atoms with van der Waals surface area (Å²) in [5.41, 5.74) is 1.54. The Labute approximate surface area is 146 Å². The highest BCUT2D eigenvalue weighted by atomic mass is 79.9. The summed E-state index contributed by atoms with van der Waals surface area (Å²) in [5.74, 6) is -0.293. The summed E-state index contributed by atoms with van der Waals surface area (Å²) in [6.07, 6.45) is -2.81. The van der Waals surface area contributed by atoms with Gasteiger partial charge in [-0.1, -0.05) is 28.1 Å². The Hall–Kier alpha value is -1.60. The Bertz CT molecular complexity index is 826. The lowest BCUT2D eigenvalue weighted by Gasteiger charge is -2.06. The molecule has 0 atom stereocenters. The fourth-order valence-electron chi connectivity index (χ4n) is 2.29. The molecule has 0 spiro atoms. The molecule has 1 aliphatic rings. The average Bonchev–Trinajstić information content (AvgIpc) is 2.76. The standard InChI is InChI=1S/C16H8Br2F3NO/c17-10-6-11-12(15(23)22-14(11)13(18)7-10)5-8-1-3-9(4-2-8)16(19,20)21/h1-7H,(H,22,23). The van der Waals surface area contributed by atoms with Gasteiger partial charge in [0.25, 0.3) is 5.91 Å². The van der Waals surface area contributed by atoms with Crippen LogP contribution in [0.2, 0.25) is 0 Å². The van der Waals surface area contributed by atoms with Crippen molar-refractivity contribution in [2.45, 2.75) is 6.18 Å². The smallest absolute Gasteiger partial charge is 0.320 e. The molecule has 3 rings (SSSR count). The first kappa shape index (κ1) is 16.3. The third-order valence-electron chi connectivity index (χ3n) is 3.38. The molecule has 0 radical (unpaired) electrons. The van der Waals surface area contributed by atoms with Crippen molar-refractivity contribution in [1.29, 1.82) is 0 Å². The molecule has 1 amide bonds. The molecule has 0 fully saturated rings. The summed E-state index contributed by atoms with van der Waals surface area (Å²) in [7, 11) is 0. The minimum atomic E-state index is -4.38. The van der Waals surface area contributed by atoms with E-state index in [9.17, 15) is 18.0 Å². The van der Waals surface area contributed by atoms with Crippen LogP contribution in [0.4, 0.5) is 18.9 Å². The van der Waals surface area contributed by atoms with Crippen LogP contribution in [0.15, 0.2) is 45.3 Å². The number of hydrogen-bond acceptors (Lipinski definition) is 1. The van der Waals surface area contributed by atoms with Gasteiger partial charge in [0, 0.05) is 20.1 Å². The number of benzene rings is 2. The SMILES string of the molecule is O=C1Nc2c(Br)cc(Br)cc2C1=Cc1ccc(C(F)(F)F)cc1. The molecular weight excluding hydrogens is 439 g/mol. The van der Waals surface area contributed by atoms with E-state index in [-0.39, 0.29) is 5.91 Å². The molecule has 0 saturated carbocycles. The van der Waals surface area contributed by atoms with Crippen molar-refractivity contribution in [2.24, 2.45) is 0 Å². The van der Waals surface area contributed by atoms with Crippen LogP contribution in [0.5, 0.6) is 0 Å². The first-order valence-corrected chi connectivity index (χ1v) is 8.04. The summed E-state index contributed by atoms with van der Waals surface area (Å²) in [6.45, 7) is 0. The van der Waals surface area contributed by atoms with Crippen molar-refractivity contribution in [3.8, 4) is 0 Å². The van der Waals surface area contributed by atoms with Crippen LogP contribution in [0.25, 0.3) is 11.6 Å². The Morgan fingerprint density at radius 2 is 1.70 bits per heavy atom. The van der Waals surface area contributed by atoms with E-state index < -0.39 is 11.7 Å². The number of alkyl halides is 3. The zero-order valence-electron chi connectivity index (χ0n) is 11.3. The number of nitrogens with one attached hydrogen (secondary N) is 1. The Morgan fingerprint density at radius 3 is 2.30 bits per heavy atom. The number of hydrogen-bond donors (Lipinski definition) is 1. The van der Waals surface area contributed by atoms with Crippen molar-refractivity contribution in [1.82, 2.24) is 0 Å². The molecule has 0 aromatic heterocycles. The van der Waals surface area contributed by atoms with Crippen molar-refractivity contribution in [3.05, 3.63) is 62.0 Å². The second-order valence-electron chi connectivity index (χ2n) is 4.94. The van der Waals surface area contributed by atoms with E-state index in [0.717, 1.165) is 21.1 Å². The summed E-state index contributed by atoms with van der Waals surface area (Å²) in [6, 6.07) is 8.27. The number of anilines is 1. The van der Waals surface area contributed by atoms with Crippen molar-refractivity contribution in [2.75, 3.05) is 5.32 Å². The molecule has 7 heteroatoms. The summed E-state index contributed by atoms with van der Waals surface area (Å²) in [5, 5.41) is 2.74. The van der Waals surface area contributed by atoms with Gasteiger partial charge < -0.3 is 5.32 Å². The number of amides is 1. The molecule has 0 bridgehead atoms. The number of rotatable bonds is 1. The monoisotopic (exact) mass is 445 g/mol. The molecule has 2 nitrogen and oxygen atoms in total. The van der Waals surface area contributed by atoms with E-state index >= 15 is 0 Å². The molecule has 2 aromatic carbocycles. The largest absolute Gasteiger partial charge is 0.416 e. The quantitative estimate of drug-likeness (QED) is 0.557. The van der Waals surface area contributed by atoms with Crippen molar-refractivity contribution < 1.29 is 18.0 Å². The van der Waals surface area contributed by atoms with E-state index in [1.54, 1.807) is 18.2 Å². The third kappa shape index (κ3) is 3.21. The van der Waals surface area contributed by atoms with E-state index in [0.29, 0.717) is 22.4 Å². The lowest BCUT2D eigenvalue weighted by atomic mass is 10.0. The number of fused-ring (bicyclic) bond motifs is 1. The van der Waals surface area contributed by atoms with Gasteiger partial charge in [-0.3, -0.25) is 4.79 Å². The number of halogens is 5. The van der Waals surface area contributed by atoms with Gasteiger partial charge in [0.05, 0.1) is 11.3 Å². The summed E-state index contributed by atoms with van der Waals surface area (Å²) in [4.78, 5) is 12.1. The molecule has 2 aromatic rings. The van der Waals surface area contributed by atoms with Crippen LogP contribution in [0.3, 0.4) is 0 Å². The molecular formula is C16H8Br2F3NO. The third-order valence-corrected chi connectivity index (χ3v) is 4.46. The van der Waals surface area contributed by atoms with Gasteiger partial charge in [0.15, 0.2) is 0 Å². The zero-order chi connectivity index (χ0) is 16.8. The van der Waals surface area contributed by atoms with Crippen LogP contribution in [0.1, 0.15) is 16.7 Å². The highest BCUT2D eigenvalue weighted by Crippen LogP contribution is 2.40. The van der Waals surface area contributed by atoms with Crippen LogP contribution in [-0.2, 0) is 11.0 Å². The lowest BCUT2D eigenvalue weighted by Crippen LogP contribution is -2.05. The first-order chi connectivity index (χ1) is 10.8. The second kappa shape index (κ2) is 5.79. The van der Waals surface area contributed by atoms with Gasteiger partial charge >= 0.3 is 6.18 Å². The van der Waals surface area contributed by atoms with Gasteiger partial charge in [-0.15, -0.1) is 0 Å². The molecule has 0 aliphatic carbocycles. The molecule has 0 saturated heterocycles. The van der Waals surface area contributed by atoms with Gasteiger partial charge in [-0.2, -0.15) is 13.2 Å². The van der Waals surface area contributed by atoms with Crippen LogP contribution in [0, 0.1) is 0 Å². The Kier molecular flexibility index (Phi) is 4.10. The molecule has 0 unspecified atom stereocenters. The molecule has 1 aliphatic heterocycles. The predicted molar refractivity (Wildman–Crippen MR) is 89.8 cm³/mol. The molecule has 118 valence electrons. The van der Waals surface area contributed by atoms with E-state index in [1.165, 1.54) is 12.1 Å².